The van der Waals surface area contributed by atoms with Crippen molar-refractivity contribution in [2.24, 2.45) is 0 Å². The molecule has 0 aliphatic carbocycles. The fourth-order valence-electron chi connectivity index (χ4n) is 1.71. The van der Waals surface area contributed by atoms with E-state index in [4.69, 9.17) is 5.73 Å². The summed E-state index contributed by atoms with van der Waals surface area (Å²) in [5.74, 6) is -0.987. The monoisotopic (exact) mass is 251 g/mol. The van der Waals surface area contributed by atoms with Crippen molar-refractivity contribution in [3.8, 4) is 11.3 Å². The molecule has 0 amide bonds. The zero-order chi connectivity index (χ0) is 13.4. The predicted octanol–water partition coefficient (Wildman–Crippen LogP) is 3.30. The van der Waals surface area contributed by atoms with E-state index in [0.29, 0.717) is 5.69 Å². The Morgan fingerprint density at radius 1 is 1.22 bits per heavy atom. The van der Waals surface area contributed by atoms with Gasteiger partial charge in [-0.2, -0.15) is 5.10 Å². The molecule has 0 aliphatic heterocycles. The van der Waals surface area contributed by atoms with Gasteiger partial charge in [0.2, 0.25) is 0 Å². The molecule has 0 saturated heterocycles. The van der Waals surface area contributed by atoms with Crippen LogP contribution in [0.4, 0.5) is 14.5 Å². The van der Waals surface area contributed by atoms with Gasteiger partial charge in [-0.1, -0.05) is 0 Å². The Hall–Kier alpha value is -1.91. The normalized spacial score (nSPS) is 11.2. The second-order valence-electron chi connectivity index (χ2n) is 4.59. The van der Waals surface area contributed by atoms with E-state index in [9.17, 15) is 8.78 Å². The van der Waals surface area contributed by atoms with Crippen molar-refractivity contribution in [3.63, 3.8) is 0 Å². The van der Waals surface area contributed by atoms with Crippen LogP contribution in [0, 0.1) is 18.6 Å². The van der Waals surface area contributed by atoms with Crippen molar-refractivity contribution in [2.45, 2.75) is 26.8 Å². The maximum atomic E-state index is 13.8. The molecule has 0 fully saturated rings. The Morgan fingerprint density at radius 2 is 1.89 bits per heavy atom. The average Bonchev–Trinajstić information content (AvgIpc) is 2.66. The van der Waals surface area contributed by atoms with Crippen LogP contribution in [0.1, 0.15) is 25.5 Å². The van der Waals surface area contributed by atoms with Crippen LogP contribution in [0.15, 0.2) is 18.3 Å². The highest BCUT2D eigenvalue weighted by molar-refractivity contribution is 5.72. The van der Waals surface area contributed by atoms with Gasteiger partial charge in [-0.05, 0) is 38.5 Å². The molecule has 0 aliphatic rings. The number of nitrogens with zero attached hydrogens (tertiary/aromatic N) is 2. The molecule has 0 bridgehead atoms. The summed E-state index contributed by atoms with van der Waals surface area (Å²) in [7, 11) is 0. The van der Waals surface area contributed by atoms with E-state index in [1.165, 1.54) is 6.92 Å². The number of benzene rings is 1. The van der Waals surface area contributed by atoms with Crippen LogP contribution >= 0.6 is 0 Å². The molecule has 1 heterocycles. The first-order chi connectivity index (χ1) is 8.40. The van der Waals surface area contributed by atoms with Gasteiger partial charge in [0.15, 0.2) is 0 Å². The SMILES string of the molecule is Cc1cc(F)c(-c2nn(C(C)C)cc2N)cc1F. The van der Waals surface area contributed by atoms with Crippen molar-refractivity contribution >= 4 is 5.69 Å². The molecule has 2 rings (SSSR count). The van der Waals surface area contributed by atoms with Gasteiger partial charge in [0.25, 0.3) is 0 Å². The fourth-order valence-corrected chi connectivity index (χ4v) is 1.71. The molecule has 96 valence electrons. The van der Waals surface area contributed by atoms with Crippen LogP contribution in [0.25, 0.3) is 11.3 Å². The first-order valence-electron chi connectivity index (χ1n) is 5.70. The van der Waals surface area contributed by atoms with Crippen LogP contribution in [-0.2, 0) is 0 Å². The summed E-state index contributed by atoms with van der Waals surface area (Å²) in [6.45, 7) is 5.38. The number of anilines is 1. The summed E-state index contributed by atoms with van der Waals surface area (Å²) in [6, 6.07) is 2.39. The first-order valence-corrected chi connectivity index (χ1v) is 5.70. The number of hydrogen-bond acceptors (Lipinski definition) is 2. The molecule has 0 saturated carbocycles. The average molecular weight is 251 g/mol. The second-order valence-corrected chi connectivity index (χ2v) is 4.59. The number of nitrogens with two attached hydrogens (primary N) is 1. The van der Waals surface area contributed by atoms with Crippen molar-refractivity contribution in [1.29, 1.82) is 0 Å². The zero-order valence-corrected chi connectivity index (χ0v) is 10.5. The zero-order valence-electron chi connectivity index (χ0n) is 10.5. The molecule has 3 nitrogen and oxygen atoms in total. The summed E-state index contributed by atoms with van der Waals surface area (Å²) in [6.07, 6.45) is 1.62. The number of aromatic nitrogens is 2. The summed E-state index contributed by atoms with van der Waals surface area (Å²) in [5, 5.41) is 4.20. The quantitative estimate of drug-likeness (QED) is 0.890. The van der Waals surface area contributed by atoms with Gasteiger partial charge in [0.05, 0.1) is 5.69 Å². The molecule has 0 atom stereocenters. The van der Waals surface area contributed by atoms with Crippen LogP contribution in [0.3, 0.4) is 0 Å². The summed E-state index contributed by atoms with van der Waals surface area (Å²) >= 11 is 0. The van der Waals surface area contributed by atoms with Gasteiger partial charge >= 0.3 is 0 Å². The lowest BCUT2D eigenvalue weighted by Gasteiger charge is -2.05. The number of hydrogen-bond donors (Lipinski definition) is 1. The highest BCUT2D eigenvalue weighted by Crippen LogP contribution is 2.29. The van der Waals surface area contributed by atoms with Gasteiger partial charge in [0.1, 0.15) is 17.3 Å². The third kappa shape index (κ3) is 2.08. The van der Waals surface area contributed by atoms with E-state index in [-0.39, 0.29) is 22.9 Å². The third-order valence-electron chi connectivity index (χ3n) is 2.79. The molecule has 0 unspecified atom stereocenters. The number of aryl methyl sites for hydroxylation is 1. The predicted molar refractivity (Wildman–Crippen MR) is 67.1 cm³/mol. The molecule has 5 heteroatoms. The highest BCUT2D eigenvalue weighted by Gasteiger charge is 2.16. The molecule has 0 spiro atoms. The molecule has 2 N–H and O–H groups in total. The van der Waals surface area contributed by atoms with Crippen LogP contribution in [0.2, 0.25) is 0 Å². The molecule has 2 aromatic rings. The molecule has 1 aromatic carbocycles. The van der Waals surface area contributed by atoms with Gasteiger partial charge in [-0.3, -0.25) is 4.68 Å². The van der Waals surface area contributed by atoms with Crippen LogP contribution in [-0.4, -0.2) is 9.78 Å². The largest absolute Gasteiger partial charge is 0.396 e. The molecule has 18 heavy (non-hydrogen) atoms. The summed E-state index contributed by atoms with van der Waals surface area (Å²) < 4.78 is 29.0. The van der Waals surface area contributed by atoms with Gasteiger partial charge < -0.3 is 5.73 Å². The van der Waals surface area contributed by atoms with E-state index < -0.39 is 11.6 Å². The van der Waals surface area contributed by atoms with Crippen LogP contribution < -0.4 is 5.73 Å². The standard InChI is InChI=1S/C13H15F2N3/c1-7(2)18-6-12(16)13(17-18)9-5-10(14)8(3)4-11(9)15/h4-7H,16H2,1-3H3. The molecular formula is C13H15F2N3. The van der Waals surface area contributed by atoms with Crippen molar-refractivity contribution in [1.82, 2.24) is 9.78 Å². The van der Waals surface area contributed by atoms with E-state index in [0.717, 1.165) is 12.1 Å². The van der Waals surface area contributed by atoms with Gasteiger partial charge in [-0.25, -0.2) is 8.78 Å². The third-order valence-corrected chi connectivity index (χ3v) is 2.79. The van der Waals surface area contributed by atoms with E-state index >= 15 is 0 Å². The summed E-state index contributed by atoms with van der Waals surface area (Å²) in [5.41, 5.74) is 6.77. The highest BCUT2D eigenvalue weighted by atomic mass is 19.1. The molecule has 0 radical (unpaired) electrons. The second kappa shape index (κ2) is 4.40. The summed E-state index contributed by atoms with van der Waals surface area (Å²) in [4.78, 5) is 0. The van der Waals surface area contributed by atoms with Crippen LogP contribution in [0.5, 0.6) is 0 Å². The smallest absolute Gasteiger partial charge is 0.133 e. The Labute approximate surface area is 104 Å². The van der Waals surface area contributed by atoms with E-state index in [1.807, 2.05) is 13.8 Å². The van der Waals surface area contributed by atoms with Gasteiger partial charge in [0, 0.05) is 17.8 Å². The van der Waals surface area contributed by atoms with E-state index in [2.05, 4.69) is 5.10 Å². The maximum absolute atomic E-state index is 13.8. The number of nitrogen functional groups attached to an aromatic ring is 1. The lowest BCUT2D eigenvalue weighted by atomic mass is 10.1. The Kier molecular flexibility index (Phi) is 3.07. The first kappa shape index (κ1) is 12.5. The number of halogens is 2. The Bertz CT molecular complexity index is 588. The Balaban J connectivity index is 2.58. The van der Waals surface area contributed by atoms with Crippen molar-refractivity contribution in [2.75, 3.05) is 5.73 Å². The molecular weight excluding hydrogens is 236 g/mol. The van der Waals surface area contributed by atoms with Crippen molar-refractivity contribution < 1.29 is 8.78 Å². The minimum absolute atomic E-state index is 0.0926. The minimum atomic E-state index is -0.519. The topological polar surface area (TPSA) is 43.8 Å². The molecule has 1 aromatic heterocycles. The lowest BCUT2D eigenvalue weighted by molar-refractivity contribution is 0.533. The van der Waals surface area contributed by atoms with Crippen molar-refractivity contribution in [3.05, 3.63) is 35.5 Å². The van der Waals surface area contributed by atoms with Gasteiger partial charge in [-0.15, -0.1) is 0 Å². The maximum Gasteiger partial charge on any atom is 0.133 e. The Morgan fingerprint density at radius 3 is 2.44 bits per heavy atom. The minimum Gasteiger partial charge on any atom is -0.396 e. The van der Waals surface area contributed by atoms with E-state index in [1.54, 1.807) is 10.9 Å². The number of rotatable bonds is 2. The fraction of sp³-hybridized carbons (Fsp3) is 0.308. The lowest BCUT2D eigenvalue weighted by Crippen LogP contribution is -2.01.